The number of carbonyl (C=O) groups excluding carboxylic acids is 3. The van der Waals surface area contributed by atoms with Crippen LogP contribution in [0.2, 0.25) is 0 Å². The van der Waals surface area contributed by atoms with Crippen LogP contribution in [0.5, 0.6) is 0 Å². The first-order valence-electron chi connectivity index (χ1n) is 14.4. The van der Waals surface area contributed by atoms with Crippen molar-refractivity contribution in [3.05, 3.63) is 83.0 Å². The lowest BCUT2D eigenvalue weighted by Gasteiger charge is -2.39. The monoisotopic (exact) mass is 558 g/mol. The molecule has 4 rings (SSSR count). The molecule has 0 fully saturated rings. The number of nitrogens with two attached hydrogens (primary N) is 1. The van der Waals surface area contributed by atoms with Gasteiger partial charge in [-0.1, -0.05) is 82.3 Å². The minimum atomic E-state index is -1.45. The maximum atomic E-state index is 14.1. The third-order valence-corrected chi connectivity index (χ3v) is 8.16. The Morgan fingerprint density at radius 2 is 1.76 bits per heavy atom. The van der Waals surface area contributed by atoms with Crippen LogP contribution in [0.3, 0.4) is 0 Å². The van der Waals surface area contributed by atoms with Gasteiger partial charge in [0.1, 0.15) is 23.0 Å². The number of benzene rings is 2. The van der Waals surface area contributed by atoms with Gasteiger partial charge in [0.05, 0.1) is 17.8 Å². The van der Waals surface area contributed by atoms with E-state index < -0.39 is 29.3 Å². The normalized spacial score (nSPS) is 18.0. The molecule has 0 bridgehead atoms. The minimum Gasteiger partial charge on any atom is -0.368 e. The molecule has 0 saturated carbocycles. The highest BCUT2D eigenvalue weighted by atomic mass is 16.2. The predicted octanol–water partition coefficient (Wildman–Crippen LogP) is 4.40. The van der Waals surface area contributed by atoms with Crippen LogP contribution in [-0.4, -0.2) is 33.5 Å². The molecule has 0 spiro atoms. The van der Waals surface area contributed by atoms with Gasteiger partial charge in [-0.05, 0) is 55.7 Å². The molecule has 2 aromatic carbocycles. The quantitative estimate of drug-likeness (QED) is 0.293. The topological polar surface area (TPSA) is 131 Å². The number of hydrogen-bond acceptors (Lipinski definition) is 5. The molecule has 5 N–H and O–H groups in total. The second-order valence-electron chi connectivity index (χ2n) is 11.8. The molecule has 41 heavy (non-hydrogen) atoms. The fourth-order valence-corrected chi connectivity index (χ4v) is 5.63. The molecule has 0 radical (unpaired) electrons. The van der Waals surface area contributed by atoms with Crippen molar-refractivity contribution in [1.29, 1.82) is 0 Å². The SMILES string of the molecule is CCc1ccc(C(CC)(NC(=O)c2cnn3c2N[C@@H](c2ccccc2)CC3(C)C)C(=O)N[C@H](C(N)=O)C(C)C)cc1. The summed E-state index contributed by atoms with van der Waals surface area (Å²) in [5.74, 6) is -1.20. The van der Waals surface area contributed by atoms with E-state index in [1.165, 1.54) is 0 Å². The van der Waals surface area contributed by atoms with Gasteiger partial charge in [-0.15, -0.1) is 0 Å². The summed E-state index contributed by atoms with van der Waals surface area (Å²) in [6.45, 7) is 11.7. The molecule has 218 valence electrons. The number of amides is 3. The van der Waals surface area contributed by atoms with Crippen LogP contribution in [0.15, 0.2) is 60.8 Å². The van der Waals surface area contributed by atoms with Crippen molar-refractivity contribution >= 4 is 23.5 Å². The molecule has 1 unspecified atom stereocenters. The molecule has 1 aliphatic heterocycles. The summed E-state index contributed by atoms with van der Waals surface area (Å²) in [7, 11) is 0. The average Bonchev–Trinajstić information content (AvgIpc) is 3.40. The second kappa shape index (κ2) is 11.8. The fraction of sp³-hybridized carbons (Fsp3) is 0.438. The standard InChI is InChI=1S/C32H42N6O3/c1-7-21-14-16-23(17-15-21)32(8-2,30(41)36-26(20(3)4)27(33)39)37-29(40)24-19-34-38-28(24)35-25(18-31(38,5)6)22-12-10-9-11-13-22/h9-17,19-20,25-26,35H,7-8,18H2,1-6H3,(H2,33,39)(H,36,41)(H,37,40)/t25-,26+,32?/m1/s1. The van der Waals surface area contributed by atoms with E-state index in [1.807, 2.05) is 67.9 Å². The van der Waals surface area contributed by atoms with Crippen molar-refractivity contribution in [2.45, 2.75) is 84.0 Å². The zero-order valence-corrected chi connectivity index (χ0v) is 24.8. The van der Waals surface area contributed by atoms with Gasteiger partial charge in [-0.3, -0.25) is 14.4 Å². The summed E-state index contributed by atoms with van der Waals surface area (Å²) in [5.41, 5.74) is 6.99. The Kier molecular flexibility index (Phi) is 8.56. The summed E-state index contributed by atoms with van der Waals surface area (Å²) in [4.78, 5) is 40.3. The maximum absolute atomic E-state index is 14.1. The van der Waals surface area contributed by atoms with Gasteiger partial charge in [-0.25, -0.2) is 4.68 Å². The molecular weight excluding hydrogens is 516 g/mol. The molecule has 3 aromatic rings. The zero-order chi connectivity index (χ0) is 29.9. The number of hydrogen-bond donors (Lipinski definition) is 4. The number of primary amides is 1. The minimum absolute atomic E-state index is 0.0230. The first-order valence-corrected chi connectivity index (χ1v) is 14.4. The molecular formula is C32H42N6O3. The van der Waals surface area contributed by atoms with Gasteiger partial charge in [0, 0.05) is 0 Å². The molecule has 1 aliphatic rings. The van der Waals surface area contributed by atoms with Gasteiger partial charge in [0.25, 0.3) is 11.8 Å². The van der Waals surface area contributed by atoms with E-state index in [-0.39, 0.29) is 23.9 Å². The van der Waals surface area contributed by atoms with Gasteiger partial charge < -0.3 is 21.7 Å². The highest BCUT2D eigenvalue weighted by Crippen LogP contribution is 2.40. The second-order valence-corrected chi connectivity index (χ2v) is 11.8. The van der Waals surface area contributed by atoms with Crippen LogP contribution in [0, 0.1) is 5.92 Å². The van der Waals surface area contributed by atoms with Crippen molar-refractivity contribution in [3.63, 3.8) is 0 Å². The third kappa shape index (κ3) is 5.85. The van der Waals surface area contributed by atoms with Crippen molar-refractivity contribution in [2.24, 2.45) is 11.7 Å². The Bertz CT molecular complexity index is 1400. The van der Waals surface area contributed by atoms with Gasteiger partial charge in [0.2, 0.25) is 5.91 Å². The molecule has 9 heteroatoms. The molecule has 2 heterocycles. The van der Waals surface area contributed by atoms with E-state index in [1.54, 1.807) is 6.20 Å². The van der Waals surface area contributed by atoms with Crippen molar-refractivity contribution in [3.8, 4) is 0 Å². The number of rotatable bonds is 10. The first kappa shape index (κ1) is 29.8. The predicted molar refractivity (Wildman–Crippen MR) is 160 cm³/mol. The molecule has 3 atom stereocenters. The Morgan fingerprint density at radius 1 is 1.10 bits per heavy atom. The zero-order valence-electron chi connectivity index (χ0n) is 24.8. The highest BCUT2D eigenvalue weighted by molar-refractivity contribution is 6.03. The third-order valence-electron chi connectivity index (χ3n) is 8.16. The van der Waals surface area contributed by atoms with Crippen LogP contribution >= 0.6 is 0 Å². The number of nitrogens with zero attached hydrogens (tertiary/aromatic N) is 2. The summed E-state index contributed by atoms with van der Waals surface area (Å²) in [6, 6.07) is 16.8. The first-order chi connectivity index (χ1) is 19.4. The lowest BCUT2D eigenvalue weighted by molar-refractivity contribution is -0.133. The summed E-state index contributed by atoms with van der Waals surface area (Å²) in [6.07, 6.45) is 3.41. The highest BCUT2D eigenvalue weighted by Gasteiger charge is 2.44. The smallest absolute Gasteiger partial charge is 0.257 e. The summed E-state index contributed by atoms with van der Waals surface area (Å²) < 4.78 is 1.84. The number of aromatic nitrogens is 2. The van der Waals surface area contributed by atoms with E-state index >= 15 is 0 Å². The Morgan fingerprint density at radius 3 is 2.32 bits per heavy atom. The molecule has 0 saturated heterocycles. The van der Waals surface area contributed by atoms with E-state index in [2.05, 4.69) is 54.0 Å². The lowest BCUT2D eigenvalue weighted by atomic mass is 9.84. The van der Waals surface area contributed by atoms with Crippen LogP contribution in [-0.2, 0) is 27.1 Å². The van der Waals surface area contributed by atoms with E-state index in [0.717, 1.165) is 24.0 Å². The van der Waals surface area contributed by atoms with Crippen molar-refractivity contribution in [2.75, 3.05) is 5.32 Å². The average molecular weight is 559 g/mol. The van der Waals surface area contributed by atoms with Crippen molar-refractivity contribution < 1.29 is 14.4 Å². The van der Waals surface area contributed by atoms with E-state index in [0.29, 0.717) is 16.9 Å². The van der Waals surface area contributed by atoms with Crippen LogP contribution in [0.4, 0.5) is 5.82 Å². The number of aryl methyl sites for hydroxylation is 1. The largest absolute Gasteiger partial charge is 0.368 e. The molecule has 3 amide bonds. The van der Waals surface area contributed by atoms with Crippen LogP contribution in [0.25, 0.3) is 0 Å². The Labute approximate surface area is 242 Å². The van der Waals surface area contributed by atoms with Crippen LogP contribution < -0.4 is 21.7 Å². The number of nitrogens with one attached hydrogen (secondary N) is 3. The van der Waals surface area contributed by atoms with Gasteiger partial charge >= 0.3 is 0 Å². The molecule has 9 nitrogen and oxygen atoms in total. The van der Waals surface area contributed by atoms with Gasteiger partial charge in [-0.2, -0.15) is 5.10 Å². The van der Waals surface area contributed by atoms with E-state index in [4.69, 9.17) is 5.73 Å². The number of anilines is 1. The fourth-order valence-electron chi connectivity index (χ4n) is 5.63. The lowest BCUT2D eigenvalue weighted by Crippen LogP contribution is -2.60. The summed E-state index contributed by atoms with van der Waals surface area (Å²) >= 11 is 0. The molecule has 1 aromatic heterocycles. The van der Waals surface area contributed by atoms with Crippen LogP contribution in [0.1, 0.15) is 87.5 Å². The molecule has 0 aliphatic carbocycles. The van der Waals surface area contributed by atoms with E-state index in [9.17, 15) is 14.4 Å². The van der Waals surface area contributed by atoms with Gasteiger partial charge in [0.15, 0.2) is 0 Å². The Hall–Kier alpha value is -4.14. The number of carbonyl (C=O) groups is 3. The number of fused-ring (bicyclic) bond motifs is 1. The maximum Gasteiger partial charge on any atom is 0.257 e. The summed E-state index contributed by atoms with van der Waals surface area (Å²) in [5, 5.41) is 14.0. The van der Waals surface area contributed by atoms with Crippen molar-refractivity contribution in [1.82, 2.24) is 20.4 Å². The Balaban J connectivity index is 1.74.